The van der Waals surface area contributed by atoms with Crippen molar-refractivity contribution in [3.63, 3.8) is 0 Å². The second kappa shape index (κ2) is 6.75. The van der Waals surface area contributed by atoms with E-state index in [1.165, 1.54) is 0 Å². The Balaban J connectivity index is 1.48. The van der Waals surface area contributed by atoms with Crippen LogP contribution < -0.4 is 25.0 Å². The van der Waals surface area contributed by atoms with Crippen LogP contribution in [0.5, 0.6) is 11.5 Å². The maximum atomic E-state index is 5.37. The number of hydrogen-bond donors (Lipinski definition) is 2. The number of aromatic nitrogens is 3. The molecule has 0 saturated heterocycles. The smallest absolute Gasteiger partial charge is 0.249 e. The van der Waals surface area contributed by atoms with Crippen molar-refractivity contribution in [2.75, 3.05) is 36.4 Å². The molecule has 8 heteroatoms. The fourth-order valence-electron chi connectivity index (χ4n) is 2.51. The molecule has 0 fully saturated rings. The third kappa shape index (κ3) is 3.44. The van der Waals surface area contributed by atoms with Gasteiger partial charge in [0.25, 0.3) is 0 Å². The maximum Gasteiger partial charge on any atom is 0.249 e. The second-order valence-corrected chi connectivity index (χ2v) is 5.92. The Labute approximate surface area is 150 Å². The maximum absolute atomic E-state index is 5.37. The fourth-order valence-corrected chi connectivity index (χ4v) is 2.51. The van der Waals surface area contributed by atoms with Crippen LogP contribution in [0.2, 0.25) is 0 Å². The molecular formula is C18H18N6O2. The van der Waals surface area contributed by atoms with E-state index in [1.807, 2.05) is 61.5 Å². The van der Waals surface area contributed by atoms with Crippen LogP contribution in [0, 0.1) is 0 Å². The summed E-state index contributed by atoms with van der Waals surface area (Å²) in [6.45, 7) is 0.239. The molecule has 0 bridgehead atoms. The summed E-state index contributed by atoms with van der Waals surface area (Å²) in [5.74, 6) is 2.41. The molecule has 3 aromatic rings. The van der Waals surface area contributed by atoms with Crippen LogP contribution in [0.15, 0.2) is 48.7 Å². The number of hydrogen-bond acceptors (Lipinski definition) is 8. The predicted molar refractivity (Wildman–Crippen MR) is 99.7 cm³/mol. The Morgan fingerprint density at radius 3 is 2.50 bits per heavy atom. The van der Waals surface area contributed by atoms with Gasteiger partial charge in [0, 0.05) is 37.2 Å². The number of fused-ring (bicyclic) bond motifs is 1. The van der Waals surface area contributed by atoms with E-state index in [1.54, 1.807) is 6.20 Å². The molecule has 0 radical (unpaired) electrons. The van der Waals surface area contributed by atoms with Gasteiger partial charge in [0.1, 0.15) is 0 Å². The third-order valence-corrected chi connectivity index (χ3v) is 3.84. The van der Waals surface area contributed by atoms with Crippen LogP contribution >= 0.6 is 0 Å². The van der Waals surface area contributed by atoms with E-state index in [0.717, 1.165) is 22.8 Å². The SMILES string of the molecule is CN(C)c1ccc(Nc2cnnc(Nc3ccc4c(c3)OCO4)n2)cc1. The van der Waals surface area contributed by atoms with Crippen LogP contribution in [-0.2, 0) is 0 Å². The highest BCUT2D eigenvalue weighted by Crippen LogP contribution is 2.34. The lowest BCUT2D eigenvalue weighted by molar-refractivity contribution is 0.174. The minimum absolute atomic E-state index is 0.239. The highest BCUT2D eigenvalue weighted by Gasteiger charge is 2.13. The molecule has 1 aliphatic heterocycles. The van der Waals surface area contributed by atoms with E-state index < -0.39 is 0 Å². The molecule has 2 aromatic carbocycles. The predicted octanol–water partition coefficient (Wildman–Crippen LogP) is 3.15. The van der Waals surface area contributed by atoms with Crippen molar-refractivity contribution in [3.8, 4) is 11.5 Å². The van der Waals surface area contributed by atoms with Gasteiger partial charge in [-0.1, -0.05) is 0 Å². The quantitative estimate of drug-likeness (QED) is 0.726. The molecule has 4 rings (SSSR count). The van der Waals surface area contributed by atoms with Gasteiger partial charge in [0.05, 0.1) is 6.20 Å². The van der Waals surface area contributed by atoms with Gasteiger partial charge in [-0.15, -0.1) is 5.10 Å². The molecule has 0 unspecified atom stereocenters. The third-order valence-electron chi connectivity index (χ3n) is 3.84. The highest BCUT2D eigenvalue weighted by atomic mass is 16.7. The van der Waals surface area contributed by atoms with Gasteiger partial charge >= 0.3 is 0 Å². The minimum Gasteiger partial charge on any atom is -0.454 e. The first-order valence-corrected chi connectivity index (χ1v) is 8.08. The van der Waals surface area contributed by atoms with Crippen molar-refractivity contribution < 1.29 is 9.47 Å². The monoisotopic (exact) mass is 350 g/mol. The van der Waals surface area contributed by atoms with Gasteiger partial charge in [-0.3, -0.25) is 0 Å². The highest BCUT2D eigenvalue weighted by molar-refractivity contribution is 5.63. The summed E-state index contributed by atoms with van der Waals surface area (Å²) in [5.41, 5.74) is 2.84. The number of anilines is 5. The lowest BCUT2D eigenvalue weighted by Gasteiger charge is -2.13. The average Bonchev–Trinajstić information content (AvgIpc) is 3.10. The number of nitrogens with one attached hydrogen (secondary N) is 2. The summed E-state index contributed by atoms with van der Waals surface area (Å²) >= 11 is 0. The Kier molecular flexibility index (Phi) is 4.14. The zero-order valence-electron chi connectivity index (χ0n) is 14.4. The summed E-state index contributed by atoms with van der Waals surface area (Å²) in [4.78, 5) is 6.48. The van der Waals surface area contributed by atoms with E-state index >= 15 is 0 Å². The van der Waals surface area contributed by atoms with Gasteiger partial charge in [0.15, 0.2) is 17.3 Å². The number of nitrogens with zero attached hydrogens (tertiary/aromatic N) is 4. The fraction of sp³-hybridized carbons (Fsp3) is 0.167. The largest absolute Gasteiger partial charge is 0.454 e. The molecule has 0 spiro atoms. The lowest BCUT2D eigenvalue weighted by atomic mass is 10.2. The van der Waals surface area contributed by atoms with Crippen LogP contribution in [0.25, 0.3) is 0 Å². The second-order valence-electron chi connectivity index (χ2n) is 5.92. The van der Waals surface area contributed by atoms with E-state index in [4.69, 9.17) is 9.47 Å². The zero-order chi connectivity index (χ0) is 17.9. The van der Waals surface area contributed by atoms with Crippen molar-refractivity contribution in [1.82, 2.24) is 15.2 Å². The lowest BCUT2D eigenvalue weighted by Crippen LogP contribution is -2.08. The number of ether oxygens (including phenoxy) is 2. The van der Waals surface area contributed by atoms with Crippen LogP contribution in [-0.4, -0.2) is 36.1 Å². The summed E-state index contributed by atoms with van der Waals surface area (Å²) < 4.78 is 10.7. The molecule has 0 atom stereocenters. The molecule has 2 heterocycles. The van der Waals surface area contributed by atoms with Gasteiger partial charge in [0.2, 0.25) is 12.7 Å². The summed E-state index contributed by atoms with van der Waals surface area (Å²) in [5, 5.41) is 14.3. The zero-order valence-corrected chi connectivity index (χ0v) is 14.4. The number of benzene rings is 2. The Morgan fingerprint density at radius 1 is 0.923 bits per heavy atom. The average molecular weight is 350 g/mol. The van der Waals surface area contributed by atoms with Gasteiger partial charge in [-0.25, -0.2) is 0 Å². The summed E-state index contributed by atoms with van der Waals surface area (Å²) in [6, 6.07) is 13.6. The molecule has 132 valence electrons. The Bertz CT molecular complexity index is 914. The first-order valence-electron chi connectivity index (χ1n) is 8.08. The van der Waals surface area contributed by atoms with Crippen molar-refractivity contribution >= 4 is 28.8 Å². The van der Waals surface area contributed by atoms with Gasteiger partial charge in [-0.05, 0) is 36.4 Å². The molecule has 8 nitrogen and oxygen atoms in total. The minimum atomic E-state index is 0.239. The molecule has 0 aliphatic carbocycles. The van der Waals surface area contributed by atoms with E-state index in [9.17, 15) is 0 Å². The standard InChI is InChI=1S/C18H18N6O2/c1-24(2)14-6-3-12(4-7-14)20-17-10-19-23-18(22-17)21-13-5-8-15-16(9-13)26-11-25-15/h3-10H,11H2,1-2H3,(H2,20,21,22,23). The van der Waals surface area contributed by atoms with Gasteiger partial charge in [-0.2, -0.15) is 10.1 Å². The topological polar surface area (TPSA) is 84.4 Å². The molecule has 26 heavy (non-hydrogen) atoms. The van der Waals surface area contributed by atoms with E-state index in [2.05, 4.69) is 25.8 Å². The van der Waals surface area contributed by atoms with Crippen molar-refractivity contribution in [2.24, 2.45) is 0 Å². The molecule has 0 saturated carbocycles. The Morgan fingerprint density at radius 2 is 1.69 bits per heavy atom. The summed E-state index contributed by atoms with van der Waals surface area (Å²) in [7, 11) is 4.01. The molecule has 2 N–H and O–H groups in total. The van der Waals surface area contributed by atoms with Crippen molar-refractivity contribution in [2.45, 2.75) is 0 Å². The van der Waals surface area contributed by atoms with E-state index in [0.29, 0.717) is 17.5 Å². The Hall–Kier alpha value is -3.55. The van der Waals surface area contributed by atoms with Gasteiger partial charge < -0.3 is 25.0 Å². The first kappa shape index (κ1) is 15.9. The van der Waals surface area contributed by atoms with Crippen LogP contribution in [0.1, 0.15) is 0 Å². The van der Waals surface area contributed by atoms with E-state index in [-0.39, 0.29) is 6.79 Å². The number of rotatable bonds is 5. The van der Waals surface area contributed by atoms with Crippen LogP contribution in [0.4, 0.5) is 28.8 Å². The molecule has 1 aliphatic rings. The van der Waals surface area contributed by atoms with Crippen molar-refractivity contribution in [3.05, 3.63) is 48.7 Å². The molecule has 0 amide bonds. The normalized spacial score (nSPS) is 11.9. The van der Waals surface area contributed by atoms with Crippen LogP contribution in [0.3, 0.4) is 0 Å². The van der Waals surface area contributed by atoms with Crippen molar-refractivity contribution in [1.29, 1.82) is 0 Å². The molecular weight excluding hydrogens is 332 g/mol. The molecule has 1 aromatic heterocycles. The first-order chi connectivity index (χ1) is 12.7. The summed E-state index contributed by atoms with van der Waals surface area (Å²) in [6.07, 6.45) is 1.57.